The highest BCUT2D eigenvalue weighted by atomic mass is 16.3. The van der Waals surface area contributed by atoms with Crippen LogP contribution in [-0.2, 0) is 5.60 Å². The van der Waals surface area contributed by atoms with E-state index in [2.05, 4.69) is 24.8 Å². The van der Waals surface area contributed by atoms with Crippen LogP contribution >= 0.6 is 0 Å². The van der Waals surface area contributed by atoms with Crippen molar-refractivity contribution in [2.24, 2.45) is 11.3 Å². The molecule has 1 saturated carbocycles. The van der Waals surface area contributed by atoms with Crippen molar-refractivity contribution >= 4 is 0 Å². The van der Waals surface area contributed by atoms with Crippen LogP contribution in [0.15, 0.2) is 30.3 Å². The minimum absolute atomic E-state index is 0.214. The van der Waals surface area contributed by atoms with Gasteiger partial charge in [0.1, 0.15) is 5.60 Å². The molecule has 3 heteroatoms. The van der Waals surface area contributed by atoms with Gasteiger partial charge in [-0.15, -0.1) is 0 Å². The molecule has 1 aliphatic carbocycles. The Morgan fingerprint density at radius 3 is 2.35 bits per heavy atom. The second-order valence-corrected chi connectivity index (χ2v) is 7.89. The van der Waals surface area contributed by atoms with Crippen molar-refractivity contribution in [3.8, 4) is 6.07 Å². The van der Waals surface area contributed by atoms with Gasteiger partial charge < -0.3 is 5.11 Å². The van der Waals surface area contributed by atoms with Gasteiger partial charge in [0.15, 0.2) is 0 Å². The molecule has 1 heterocycles. The third kappa shape index (κ3) is 3.03. The van der Waals surface area contributed by atoms with E-state index in [9.17, 15) is 5.11 Å². The molecule has 0 bridgehead atoms. The van der Waals surface area contributed by atoms with E-state index in [-0.39, 0.29) is 5.41 Å². The van der Waals surface area contributed by atoms with Crippen molar-refractivity contribution in [2.75, 3.05) is 13.1 Å². The molecular weight excluding hydrogens is 284 g/mol. The number of likely N-dealkylation sites (tertiary alicyclic amines) is 1. The number of hydrogen-bond donors (Lipinski definition) is 1. The Balaban J connectivity index is 1.58. The van der Waals surface area contributed by atoms with Crippen LogP contribution < -0.4 is 0 Å². The third-order valence-corrected chi connectivity index (χ3v) is 6.36. The minimum Gasteiger partial charge on any atom is -0.382 e. The second-order valence-electron chi connectivity index (χ2n) is 7.89. The van der Waals surface area contributed by atoms with E-state index < -0.39 is 5.60 Å². The van der Waals surface area contributed by atoms with Crippen molar-refractivity contribution in [1.29, 1.82) is 5.26 Å². The fraction of sp³-hybridized carbons (Fsp3) is 0.650. The third-order valence-electron chi connectivity index (χ3n) is 6.36. The fourth-order valence-electron chi connectivity index (χ4n) is 4.47. The van der Waals surface area contributed by atoms with Crippen LogP contribution in [0.2, 0.25) is 0 Å². The van der Waals surface area contributed by atoms with Crippen LogP contribution in [0.5, 0.6) is 0 Å². The summed E-state index contributed by atoms with van der Waals surface area (Å²) < 4.78 is 0. The van der Waals surface area contributed by atoms with E-state index in [1.165, 1.54) is 0 Å². The second kappa shape index (κ2) is 6.26. The Bertz CT molecular complexity index is 561. The van der Waals surface area contributed by atoms with Crippen molar-refractivity contribution < 1.29 is 5.11 Å². The van der Waals surface area contributed by atoms with Gasteiger partial charge in [-0.25, -0.2) is 0 Å². The average Bonchev–Trinajstić information content (AvgIpc) is 2.54. The van der Waals surface area contributed by atoms with Gasteiger partial charge in [0.25, 0.3) is 0 Å². The van der Waals surface area contributed by atoms with Crippen molar-refractivity contribution in [3.63, 3.8) is 0 Å². The number of nitriles is 1. The fourth-order valence-corrected chi connectivity index (χ4v) is 4.47. The van der Waals surface area contributed by atoms with Gasteiger partial charge in [0.2, 0.25) is 0 Å². The molecule has 0 atom stereocenters. The summed E-state index contributed by atoms with van der Waals surface area (Å²) in [5, 5.41) is 19.9. The molecule has 1 aromatic carbocycles. The van der Waals surface area contributed by atoms with Crippen LogP contribution in [0.3, 0.4) is 0 Å². The van der Waals surface area contributed by atoms with Crippen molar-refractivity contribution in [3.05, 3.63) is 35.9 Å². The van der Waals surface area contributed by atoms with Crippen LogP contribution in [-0.4, -0.2) is 29.1 Å². The summed E-state index contributed by atoms with van der Waals surface area (Å²) in [6.07, 6.45) is 5.28. The maximum atomic E-state index is 10.8. The molecule has 124 valence electrons. The van der Waals surface area contributed by atoms with Crippen LogP contribution in [0, 0.1) is 22.7 Å². The summed E-state index contributed by atoms with van der Waals surface area (Å²) >= 11 is 0. The van der Waals surface area contributed by atoms with Crippen LogP contribution in [0.1, 0.15) is 51.5 Å². The van der Waals surface area contributed by atoms with Gasteiger partial charge in [-0.05, 0) is 42.6 Å². The van der Waals surface area contributed by atoms with Crippen LogP contribution in [0.25, 0.3) is 0 Å². The number of nitrogens with zero attached hydrogens (tertiary/aromatic N) is 2. The normalized spacial score (nSPS) is 30.7. The summed E-state index contributed by atoms with van der Waals surface area (Å²) in [7, 11) is 0. The Morgan fingerprint density at radius 1 is 1.22 bits per heavy atom. The standard InChI is InChI=1S/C20H28N2O/c1-16(2)19(12-13-21)10-8-18(9-11-19)22-14-20(23,15-22)17-6-4-3-5-7-17/h3-7,16,18,23H,8-12,14-15H2,1-2H3. The molecule has 3 rings (SSSR count). The molecule has 0 aromatic heterocycles. The predicted molar refractivity (Wildman–Crippen MR) is 91.7 cm³/mol. The molecule has 0 radical (unpaired) electrons. The Hall–Kier alpha value is -1.37. The first kappa shape index (κ1) is 16.5. The monoisotopic (exact) mass is 312 g/mol. The molecule has 0 unspecified atom stereocenters. The molecule has 0 spiro atoms. The molecule has 3 nitrogen and oxygen atoms in total. The summed E-state index contributed by atoms with van der Waals surface area (Å²) in [4.78, 5) is 2.43. The van der Waals surface area contributed by atoms with Gasteiger partial charge in [0.05, 0.1) is 6.07 Å². The topological polar surface area (TPSA) is 47.3 Å². The highest BCUT2D eigenvalue weighted by Crippen LogP contribution is 2.47. The lowest BCUT2D eigenvalue weighted by molar-refractivity contribution is -0.131. The molecule has 1 saturated heterocycles. The SMILES string of the molecule is CC(C)C1(CC#N)CCC(N2CC(O)(c3ccccc3)C2)CC1. The highest BCUT2D eigenvalue weighted by molar-refractivity contribution is 5.26. The van der Waals surface area contributed by atoms with E-state index in [0.717, 1.165) is 44.3 Å². The van der Waals surface area contributed by atoms with Gasteiger partial charge in [-0.3, -0.25) is 4.90 Å². The molecule has 2 aliphatic rings. The highest BCUT2D eigenvalue weighted by Gasteiger charge is 2.47. The summed E-state index contributed by atoms with van der Waals surface area (Å²) in [5.74, 6) is 0.570. The summed E-state index contributed by atoms with van der Waals surface area (Å²) in [5.41, 5.74) is 0.583. The van der Waals surface area contributed by atoms with Gasteiger partial charge in [-0.2, -0.15) is 5.26 Å². The summed E-state index contributed by atoms with van der Waals surface area (Å²) in [6.45, 7) is 6.01. The lowest BCUT2D eigenvalue weighted by Crippen LogP contribution is -2.63. The number of rotatable bonds is 4. The Kier molecular flexibility index (Phi) is 4.49. The number of benzene rings is 1. The molecule has 1 N–H and O–H groups in total. The van der Waals surface area contributed by atoms with Gasteiger partial charge in [-0.1, -0.05) is 44.2 Å². The predicted octanol–water partition coefficient (Wildman–Crippen LogP) is 3.69. The Morgan fingerprint density at radius 2 is 1.83 bits per heavy atom. The molecular formula is C20H28N2O. The smallest absolute Gasteiger partial charge is 0.115 e. The van der Waals surface area contributed by atoms with Crippen LogP contribution in [0.4, 0.5) is 0 Å². The van der Waals surface area contributed by atoms with E-state index in [1.807, 2.05) is 30.3 Å². The minimum atomic E-state index is -0.666. The number of β-amino-alcohol motifs (C(OH)–C–C–N with tert-alkyl or cyclic N) is 1. The van der Waals surface area contributed by atoms with E-state index in [0.29, 0.717) is 18.4 Å². The molecule has 1 aliphatic heterocycles. The van der Waals surface area contributed by atoms with Gasteiger partial charge >= 0.3 is 0 Å². The summed E-state index contributed by atoms with van der Waals surface area (Å²) in [6, 6.07) is 13.0. The zero-order valence-electron chi connectivity index (χ0n) is 14.3. The molecule has 2 fully saturated rings. The average molecular weight is 312 g/mol. The zero-order chi connectivity index (χ0) is 16.5. The molecule has 23 heavy (non-hydrogen) atoms. The van der Waals surface area contributed by atoms with E-state index in [4.69, 9.17) is 5.26 Å². The first-order valence-electron chi connectivity index (χ1n) is 8.88. The number of hydrogen-bond acceptors (Lipinski definition) is 3. The molecule has 1 aromatic rings. The van der Waals surface area contributed by atoms with Crippen molar-refractivity contribution in [2.45, 2.75) is 57.6 Å². The largest absolute Gasteiger partial charge is 0.382 e. The van der Waals surface area contributed by atoms with E-state index in [1.54, 1.807) is 0 Å². The maximum Gasteiger partial charge on any atom is 0.115 e. The first-order chi connectivity index (χ1) is 11.0. The van der Waals surface area contributed by atoms with E-state index >= 15 is 0 Å². The molecule has 0 amide bonds. The van der Waals surface area contributed by atoms with Crippen molar-refractivity contribution in [1.82, 2.24) is 4.90 Å². The quantitative estimate of drug-likeness (QED) is 0.922. The zero-order valence-corrected chi connectivity index (χ0v) is 14.3. The van der Waals surface area contributed by atoms with Gasteiger partial charge in [0, 0.05) is 25.6 Å². The number of aliphatic hydroxyl groups is 1. The Labute approximate surface area is 139 Å². The lowest BCUT2D eigenvalue weighted by atomic mass is 9.64. The first-order valence-corrected chi connectivity index (χ1v) is 8.88. The lowest BCUT2D eigenvalue weighted by Gasteiger charge is -2.53. The maximum absolute atomic E-state index is 10.8.